The molecule has 5 heteroatoms. The van der Waals surface area contributed by atoms with Gasteiger partial charge in [0.25, 0.3) is 5.91 Å². The van der Waals surface area contributed by atoms with Crippen LogP contribution < -0.4 is 10.1 Å². The van der Waals surface area contributed by atoms with Crippen LogP contribution in [0.2, 0.25) is 0 Å². The van der Waals surface area contributed by atoms with Gasteiger partial charge in [-0.25, -0.2) is 4.79 Å². The molecule has 0 spiro atoms. The van der Waals surface area contributed by atoms with Crippen molar-refractivity contribution in [3.63, 3.8) is 0 Å². The minimum Gasteiger partial charge on any atom is -0.496 e. The number of benzene rings is 3. The van der Waals surface area contributed by atoms with Gasteiger partial charge in [0.1, 0.15) is 5.75 Å². The fraction of sp³-hybridized carbons (Fsp3) is 0.0476. The van der Waals surface area contributed by atoms with Gasteiger partial charge in [0.05, 0.1) is 12.7 Å². The number of carbonyl (C=O) groups excluding carboxylic acids is 1. The van der Waals surface area contributed by atoms with E-state index in [4.69, 9.17) is 9.84 Å². The highest BCUT2D eigenvalue weighted by molar-refractivity contribution is 6.08. The molecule has 1 amide bonds. The first-order valence-corrected chi connectivity index (χ1v) is 7.96. The maximum atomic E-state index is 12.7. The monoisotopic (exact) mass is 347 g/mol. The molecule has 0 heterocycles. The predicted molar refractivity (Wildman–Crippen MR) is 102 cm³/mol. The van der Waals surface area contributed by atoms with Crippen LogP contribution in [0.3, 0.4) is 0 Å². The fourth-order valence-electron chi connectivity index (χ4n) is 2.61. The third-order valence-corrected chi connectivity index (χ3v) is 3.90. The Balaban J connectivity index is 1.83. The van der Waals surface area contributed by atoms with Crippen LogP contribution in [0.25, 0.3) is 16.8 Å². The Labute approximate surface area is 150 Å². The van der Waals surface area contributed by atoms with E-state index in [-0.39, 0.29) is 5.91 Å². The van der Waals surface area contributed by atoms with Crippen molar-refractivity contribution in [3.05, 3.63) is 77.9 Å². The van der Waals surface area contributed by atoms with E-state index in [9.17, 15) is 9.59 Å². The standard InChI is InChI=1S/C21H17NO4/c1-26-19-13-16-5-3-2-4-15(16)12-18(19)21(25)22-17-9-6-14(7-10-17)8-11-20(23)24/h2-13H,1H3,(H,22,25)(H,23,24). The summed E-state index contributed by atoms with van der Waals surface area (Å²) >= 11 is 0. The molecule has 0 atom stereocenters. The number of hydrogen-bond acceptors (Lipinski definition) is 3. The molecule has 2 N–H and O–H groups in total. The highest BCUT2D eigenvalue weighted by Gasteiger charge is 2.14. The number of aliphatic carboxylic acids is 1. The van der Waals surface area contributed by atoms with Crippen molar-refractivity contribution >= 4 is 34.4 Å². The molecule has 3 aromatic rings. The van der Waals surface area contributed by atoms with Crippen LogP contribution in [0.15, 0.2) is 66.7 Å². The molecule has 0 saturated carbocycles. The lowest BCUT2D eigenvalue weighted by Gasteiger charge is -2.11. The molecule has 3 aromatic carbocycles. The van der Waals surface area contributed by atoms with Crippen molar-refractivity contribution < 1.29 is 19.4 Å². The van der Waals surface area contributed by atoms with Gasteiger partial charge in [-0.05, 0) is 46.7 Å². The predicted octanol–water partition coefficient (Wildman–Crippen LogP) is 4.20. The number of hydrogen-bond donors (Lipinski definition) is 2. The molecule has 26 heavy (non-hydrogen) atoms. The average Bonchev–Trinajstić information content (AvgIpc) is 2.66. The summed E-state index contributed by atoms with van der Waals surface area (Å²) in [5, 5.41) is 13.4. The van der Waals surface area contributed by atoms with Gasteiger partial charge in [-0.3, -0.25) is 4.79 Å². The molecule has 0 aliphatic heterocycles. The second kappa shape index (κ2) is 7.53. The summed E-state index contributed by atoms with van der Waals surface area (Å²) in [5.41, 5.74) is 1.78. The van der Waals surface area contributed by atoms with E-state index in [1.165, 1.54) is 13.2 Å². The SMILES string of the molecule is COc1cc2ccccc2cc1C(=O)Nc1ccc(C=CC(=O)O)cc1. The smallest absolute Gasteiger partial charge is 0.328 e. The Morgan fingerprint density at radius 1 is 1.00 bits per heavy atom. The van der Waals surface area contributed by atoms with Gasteiger partial charge in [0, 0.05) is 11.8 Å². The summed E-state index contributed by atoms with van der Waals surface area (Å²) in [6.45, 7) is 0. The first-order valence-electron chi connectivity index (χ1n) is 7.96. The Morgan fingerprint density at radius 2 is 1.65 bits per heavy atom. The molecule has 0 aromatic heterocycles. The molecule has 0 saturated heterocycles. The lowest BCUT2D eigenvalue weighted by molar-refractivity contribution is -0.131. The molecule has 130 valence electrons. The van der Waals surface area contributed by atoms with Gasteiger partial charge < -0.3 is 15.2 Å². The van der Waals surface area contributed by atoms with E-state index in [1.807, 2.05) is 30.3 Å². The summed E-state index contributed by atoms with van der Waals surface area (Å²) in [6.07, 6.45) is 2.55. The van der Waals surface area contributed by atoms with Crippen LogP contribution in [-0.4, -0.2) is 24.1 Å². The van der Waals surface area contributed by atoms with Crippen LogP contribution in [0.4, 0.5) is 5.69 Å². The highest BCUT2D eigenvalue weighted by Crippen LogP contribution is 2.26. The largest absolute Gasteiger partial charge is 0.496 e. The summed E-state index contributed by atoms with van der Waals surface area (Å²) in [4.78, 5) is 23.2. The van der Waals surface area contributed by atoms with E-state index >= 15 is 0 Å². The lowest BCUT2D eigenvalue weighted by Crippen LogP contribution is -2.13. The van der Waals surface area contributed by atoms with Gasteiger partial charge in [0.2, 0.25) is 0 Å². The number of fused-ring (bicyclic) bond motifs is 1. The molecule has 0 radical (unpaired) electrons. The quantitative estimate of drug-likeness (QED) is 0.678. The minimum atomic E-state index is -1.01. The Hall–Kier alpha value is -3.60. The number of ether oxygens (including phenoxy) is 1. The van der Waals surface area contributed by atoms with Crippen LogP contribution in [0.5, 0.6) is 5.75 Å². The zero-order valence-electron chi connectivity index (χ0n) is 14.1. The number of carbonyl (C=O) groups is 2. The van der Waals surface area contributed by atoms with Crippen molar-refractivity contribution in [1.29, 1.82) is 0 Å². The topological polar surface area (TPSA) is 75.6 Å². The van der Waals surface area contributed by atoms with Crippen molar-refractivity contribution in [1.82, 2.24) is 0 Å². The number of anilines is 1. The first kappa shape index (κ1) is 17.2. The zero-order chi connectivity index (χ0) is 18.5. The maximum Gasteiger partial charge on any atom is 0.328 e. The second-order valence-corrected chi connectivity index (χ2v) is 5.65. The van der Waals surface area contributed by atoms with E-state index < -0.39 is 5.97 Å². The number of carboxylic acids is 1. The van der Waals surface area contributed by atoms with E-state index in [0.717, 1.165) is 22.4 Å². The normalized spacial score (nSPS) is 10.8. The highest BCUT2D eigenvalue weighted by atomic mass is 16.5. The van der Waals surface area contributed by atoms with Crippen LogP contribution >= 0.6 is 0 Å². The molecule has 0 fully saturated rings. The van der Waals surface area contributed by atoms with Gasteiger partial charge in [0.15, 0.2) is 0 Å². The third-order valence-electron chi connectivity index (χ3n) is 3.90. The Morgan fingerprint density at radius 3 is 2.27 bits per heavy atom. The van der Waals surface area contributed by atoms with Gasteiger partial charge in [-0.1, -0.05) is 36.4 Å². The van der Waals surface area contributed by atoms with Crippen LogP contribution in [0, 0.1) is 0 Å². The molecule has 0 bridgehead atoms. The number of rotatable bonds is 5. The zero-order valence-corrected chi connectivity index (χ0v) is 14.1. The van der Waals surface area contributed by atoms with E-state index in [0.29, 0.717) is 17.0 Å². The fourth-order valence-corrected chi connectivity index (χ4v) is 2.61. The van der Waals surface area contributed by atoms with Gasteiger partial charge >= 0.3 is 5.97 Å². The van der Waals surface area contributed by atoms with E-state index in [1.54, 1.807) is 30.3 Å². The summed E-state index contributed by atoms with van der Waals surface area (Å²) in [7, 11) is 1.53. The van der Waals surface area contributed by atoms with Crippen molar-refractivity contribution in [3.8, 4) is 5.75 Å². The first-order chi connectivity index (χ1) is 12.6. The van der Waals surface area contributed by atoms with Crippen LogP contribution in [0.1, 0.15) is 15.9 Å². The van der Waals surface area contributed by atoms with Gasteiger partial charge in [-0.15, -0.1) is 0 Å². The minimum absolute atomic E-state index is 0.276. The average molecular weight is 347 g/mol. The number of nitrogens with one attached hydrogen (secondary N) is 1. The Kier molecular flexibility index (Phi) is 4.99. The summed E-state index contributed by atoms with van der Waals surface area (Å²) in [5.74, 6) is -0.783. The van der Waals surface area contributed by atoms with Crippen molar-refractivity contribution in [2.24, 2.45) is 0 Å². The molecule has 3 rings (SSSR count). The second-order valence-electron chi connectivity index (χ2n) is 5.65. The van der Waals surface area contributed by atoms with Crippen molar-refractivity contribution in [2.75, 3.05) is 12.4 Å². The van der Waals surface area contributed by atoms with Crippen LogP contribution in [-0.2, 0) is 4.79 Å². The van der Waals surface area contributed by atoms with E-state index in [2.05, 4.69) is 5.32 Å². The summed E-state index contributed by atoms with van der Waals surface area (Å²) < 4.78 is 5.36. The molecule has 0 aliphatic rings. The lowest BCUT2D eigenvalue weighted by atomic mass is 10.1. The Bertz CT molecular complexity index is 991. The summed E-state index contributed by atoms with van der Waals surface area (Å²) in [6, 6.07) is 18.3. The third kappa shape index (κ3) is 3.89. The molecule has 5 nitrogen and oxygen atoms in total. The molecule has 0 unspecified atom stereocenters. The number of amides is 1. The molecular formula is C21H17NO4. The van der Waals surface area contributed by atoms with Crippen molar-refractivity contribution in [2.45, 2.75) is 0 Å². The number of methoxy groups -OCH3 is 1. The maximum absolute atomic E-state index is 12.7. The van der Waals surface area contributed by atoms with Gasteiger partial charge in [-0.2, -0.15) is 0 Å². The molecule has 0 aliphatic carbocycles. The molecular weight excluding hydrogens is 330 g/mol. The number of carboxylic acid groups (broad SMARTS) is 1.